The smallest absolute Gasteiger partial charge is 0.457 e. The molecule has 0 heterocycles. The summed E-state index contributed by atoms with van der Waals surface area (Å²) in [6.07, 6.45) is 64.8. The summed E-state index contributed by atoms with van der Waals surface area (Å²) < 4.78 is 35.2. The number of hydrogen-bond donors (Lipinski definition) is 1. The third-order valence-electron chi connectivity index (χ3n) is 10.9. The first-order valence-corrected chi connectivity index (χ1v) is 27.8. The van der Waals surface area contributed by atoms with Crippen LogP contribution in [0.4, 0.5) is 0 Å². The van der Waals surface area contributed by atoms with Gasteiger partial charge < -0.3 is 18.9 Å². The number of likely N-dealkylation sites (N-methyl/N-ethyl adjacent to an activating group) is 1. The van der Waals surface area contributed by atoms with Crippen molar-refractivity contribution in [2.24, 2.45) is 0 Å². The van der Waals surface area contributed by atoms with Gasteiger partial charge in [-0.1, -0.05) is 195 Å². The van der Waals surface area contributed by atoms with Crippen LogP contribution in [0.2, 0.25) is 0 Å². The number of esters is 1. The van der Waals surface area contributed by atoms with Gasteiger partial charge in [0.25, 0.3) is 0 Å². The lowest BCUT2D eigenvalue weighted by Crippen LogP contribution is -2.37. The number of carbonyl (C=O) groups excluding carboxylic acids is 1. The fourth-order valence-electron chi connectivity index (χ4n) is 6.90. The van der Waals surface area contributed by atoms with Gasteiger partial charge in [-0.2, -0.15) is 0 Å². The molecular weight excluding hydrogens is 830 g/mol. The minimum Gasteiger partial charge on any atom is -0.457 e. The van der Waals surface area contributed by atoms with Gasteiger partial charge in [0.15, 0.2) is 0 Å². The molecule has 0 radical (unpaired) electrons. The van der Waals surface area contributed by atoms with E-state index in [0.29, 0.717) is 24.1 Å². The predicted octanol–water partition coefficient (Wildman–Crippen LogP) is 16.4. The van der Waals surface area contributed by atoms with Crippen molar-refractivity contribution in [2.75, 3.05) is 54.1 Å². The second-order valence-corrected chi connectivity index (χ2v) is 20.0. The number of carbonyl (C=O) groups is 1. The monoisotopic (exact) mass is 931 g/mol. The van der Waals surface area contributed by atoms with Gasteiger partial charge in [0.2, 0.25) is 0 Å². The molecule has 0 rings (SSSR count). The van der Waals surface area contributed by atoms with E-state index in [1.165, 1.54) is 103 Å². The Morgan fingerprint density at radius 1 is 0.492 bits per heavy atom. The molecule has 1 N–H and O–H groups in total. The van der Waals surface area contributed by atoms with E-state index in [1.807, 2.05) is 21.1 Å². The lowest BCUT2D eigenvalue weighted by atomic mass is 10.1. The molecule has 0 fully saturated rings. The van der Waals surface area contributed by atoms with E-state index in [-0.39, 0.29) is 25.8 Å². The van der Waals surface area contributed by atoms with Crippen molar-refractivity contribution in [2.45, 2.75) is 213 Å². The van der Waals surface area contributed by atoms with Crippen molar-refractivity contribution in [3.63, 3.8) is 0 Å². The van der Waals surface area contributed by atoms with Gasteiger partial charge in [-0.25, -0.2) is 4.57 Å². The van der Waals surface area contributed by atoms with Crippen LogP contribution in [-0.2, 0) is 27.9 Å². The molecule has 0 aliphatic rings. The first kappa shape index (κ1) is 62.7. The number of quaternary nitrogens is 1. The van der Waals surface area contributed by atoms with Gasteiger partial charge in [0.05, 0.1) is 34.4 Å². The van der Waals surface area contributed by atoms with Gasteiger partial charge in [0.1, 0.15) is 19.3 Å². The summed E-state index contributed by atoms with van der Waals surface area (Å²) in [5.74, 6) is -0.327. The standard InChI is InChI=1S/C56H100NO7P/c1-6-8-10-12-14-16-18-20-22-24-26-28-29-30-31-33-35-37-39-41-43-45-47-49-56(58)64-55(54-63-65(59,60)62-52-50-57(3,4)5)53-61-51-48-46-44-42-40-38-36-34-32-27-25-23-21-19-17-15-13-11-9-7-2/h9,11,15,17-18,20-21,23-24,26-27,29-30,32,55H,6-8,10,12-14,16,19,22,25,28,31,33-54H2,1-5H3/p+1/b11-9-,17-15-,20-18-,23-21-,26-24-,30-29-,32-27-. The van der Waals surface area contributed by atoms with E-state index in [9.17, 15) is 14.3 Å². The van der Waals surface area contributed by atoms with Crippen LogP contribution in [0.1, 0.15) is 206 Å². The van der Waals surface area contributed by atoms with Crippen LogP contribution in [0.5, 0.6) is 0 Å². The zero-order valence-corrected chi connectivity index (χ0v) is 43.6. The van der Waals surface area contributed by atoms with E-state index < -0.39 is 13.9 Å². The van der Waals surface area contributed by atoms with E-state index in [0.717, 1.165) is 83.5 Å². The minimum atomic E-state index is -4.29. The molecule has 9 heteroatoms. The first-order valence-electron chi connectivity index (χ1n) is 26.3. The van der Waals surface area contributed by atoms with Crippen LogP contribution in [0.3, 0.4) is 0 Å². The van der Waals surface area contributed by atoms with Gasteiger partial charge in [-0.3, -0.25) is 13.8 Å². The summed E-state index contributed by atoms with van der Waals surface area (Å²) in [4.78, 5) is 23.0. The number of ether oxygens (including phenoxy) is 2. The molecule has 8 nitrogen and oxygen atoms in total. The molecule has 0 amide bonds. The van der Waals surface area contributed by atoms with Crippen molar-refractivity contribution in [3.8, 4) is 0 Å². The van der Waals surface area contributed by atoms with Gasteiger partial charge in [0, 0.05) is 13.0 Å². The maximum Gasteiger partial charge on any atom is 0.472 e. The fraction of sp³-hybridized carbons (Fsp3) is 0.732. The Morgan fingerprint density at radius 2 is 0.892 bits per heavy atom. The van der Waals surface area contributed by atoms with E-state index >= 15 is 0 Å². The molecular formula is C56H101NO7P+. The first-order chi connectivity index (χ1) is 31.6. The van der Waals surface area contributed by atoms with Crippen molar-refractivity contribution in [3.05, 3.63) is 85.1 Å². The molecule has 0 bridgehead atoms. The molecule has 0 saturated carbocycles. The Kier molecular flexibility index (Phi) is 46.4. The molecule has 0 aromatic heterocycles. The zero-order chi connectivity index (χ0) is 47.6. The van der Waals surface area contributed by atoms with E-state index in [1.54, 1.807) is 0 Å². The van der Waals surface area contributed by atoms with Gasteiger partial charge in [-0.05, 0) is 89.9 Å². The number of nitrogens with zero attached hydrogens (tertiary/aromatic N) is 1. The Labute approximate surface area is 401 Å². The number of unbranched alkanes of at least 4 members (excludes halogenated alkanes) is 20. The third kappa shape index (κ3) is 52.5. The van der Waals surface area contributed by atoms with Crippen LogP contribution in [-0.4, -0.2) is 75.6 Å². The molecule has 0 saturated heterocycles. The molecule has 0 aromatic carbocycles. The Balaban J connectivity index is 4.19. The normalized spacial score (nSPS) is 14.2. The summed E-state index contributed by atoms with van der Waals surface area (Å²) in [6.45, 7) is 5.46. The van der Waals surface area contributed by atoms with E-state index in [4.69, 9.17) is 18.5 Å². The highest BCUT2D eigenvalue weighted by Crippen LogP contribution is 2.43. The molecule has 0 aliphatic heterocycles. The molecule has 65 heavy (non-hydrogen) atoms. The van der Waals surface area contributed by atoms with Crippen LogP contribution in [0.25, 0.3) is 0 Å². The molecule has 2 atom stereocenters. The van der Waals surface area contributed by atoms with Crippen LogP contribution in [0, 0.1) is 0 Å². The summed E-state index contributed by atoms with van der Waals surface area (Å²) >= 11 is 0. The number of phosphoric acid groups is 1. The van der Waals surface area contributed by atoms with Crippen molar-refractivity contribution in [1.29, 1.82) is 0 Å². The lowest BCUT2D eigenvalue weighted by molar-refractivity contribution is -0.870. The lowest BCUT2D eigenvalue weighted by Gasteiger charge is -2.24. The molecule has 2 unspecified atom stereocenters. The summed E-state index contributed by atoms with van der Waals surface area (Å²) in [6, 6.07) is 0. The van der Waals surface area contributed by atoms with Gasteiger partial charge in [-0.15, -0.1) is 0 Å². The molecule has 0 spiro atoms. The summed E-state index contributed by atoms with van der Waals surface area (Å²) in [7, 11) is 1.64. The number of phosphoric ester groups is 1. The summed E-state index contributed by atoms with van der Waals surface area (Å²) in [5.41, 5.74) is 0. The Morgan fingerprint density at radius 3 is 1.34 bits per heavy atom. The third-order valence-corrected chi connectivity index (χ3v) is 11.9. The number of allylic oxidation sites excluding steroid dienone is 14. The van der Waals surface area contributed by atoms with Crippen molar-refractivity contribution in [1.82, 2.24) is 0 Å². The van der Waals surface area contributed by atoms with Crippen molar-refractivity contribution >= 4 is 13.8 Å². The SMILES string of the molecule is CC/C=C\C/C=C\C/C=C\C/C=C\CCCCCCCCCOCC(COP(=O)(O)OCC[N+](C)(C)C)OC(=O)CCCCCCCCCC/C=C\C/C=C\C/C=C\CCCCCCC. The van der Waals surface area contributed by atoms with E-state index in [2.05, 4.69) is 98.9 Å². The predicted molar refractivity (Wildman–Crippen MR) is 279 cm³/mol. The zero-order valence-electron chi connectivity index (χ0n) is 42.7. The second kappa shape index (κ2) is 48.1. The molecule has 0 aromatic rings. The minimum absolute atomic E-state index is 0.0802. The highest BCUT2D eigenvalue weighted by Gasteiger charge is 2.26. The largest absolute Gasteiger partial charge is 0.472 e. The number of hydrogen-bond acceptors (Lipinski definition) is 6. The van der Waals surface area contributed by atoms with Gasteiger partial charge >= 0.3 is 13.8 Å². The van der Waals surface area contributed by atoms with Crippen LogP contribution < -0.4 is 0 Å². The van der Waals surface area contributed by atoms with Crippen LogP contribution >= 0.6 is 7.82 Å². The average Bonchev–Trinajstić information content (AvgIpc) is 3.27. The fourth-order valence-corrected chi connectivity index (χ4v) is 7.65. The molecule has 376 valence electrons. The highest BCUT2D eigenvalue weighted by molar-refractivity contribution is 7.47. The summed E-state index contributed by atoms with van der Waals surface area (Å²) in [5, 5.41) is 0. The Hall–Kier alpha value is -2.32. The maximum atomic E-state index is 12.8. The molecule has 0 aliphatic carbocycles. The van der Waals surface area contributed by atoms with Crippen molar-refractivity contribution < 1.29 is 37.3 Å². The number of rotatable bonds is 48. The topological polar surface area (TPSA) is 91.3 Å². The average molecular weight is 931 g/mol. The van der Waals surface area contributed by atoms with Crippen LogP contribution in [0.15, 0.2) is 85.1 Å². The quantitative estimate of drug-likeness (QED) is 0.0214. The highest BCUT2D eigenvalue weighted by atomic mass is 31.2. The second-order valence-electron chi connectivity index (χ2n) is 18.5. The Bertz CT molecular complexity index is 1310. The maximum absolute atomic E-state index is 12.8.